The van der Waals surface area contributed by atoms with Gasteiger partial charge in [-0.3, -0.25) is 0 Å². The van der Waals surface area contributed by atoms with Crippen molar-refractivity contribution in [3.8, 4) is 6.07 Å². The third-order valence-corrected chi connectivity index (χ3v) is 3.94. The van der Waals surface area contributed by atoms with Crippen molar-refractivity contribution in [2.45, 2.75) is 50.5 Å². The van der Waals surface area contributed by atoms with E-state index in [0.717, 1.165) is 37.9 Å². The van der Waals surface area contributed by atoms with Crippen molar-refractivity contribution >= 4 is 5.97 Å². The SMILES string of the molecule is COC(=O)/C(C#N)=C1\CCCOC2(CCCC2)C1. The lowest BCUT2D eigenvalue weighted by Gasteiger charge is -2.28. The van der Waals surface area contributed by atoms with E-state index in [4.69, 9.17) is 10.00 Å². The first kappa shape index (κ1) is 13.1. The highest BCUT2D eigenvalue weighted by Crippen LogP contribution is 2.41. The van der Waals surface area contributed by atoms with Gasteiger partial charge in [0.1, 0.15) is 11.6 Å². The highest BCUT2D eigenvalue weighted by molar-refractivity contribution is 5.93. The molecule has 1 spiro atoms. The third-order valence-electron chi connectivity index (χ3n) is 3.94. The van der Waals surface area contributed by atoms with E-state index in [-0.39, 0.29) is 11.2 Å². The number of hydrogen-bond donors (Lipinski definition) is 0. The zero-order valence-corrected chi connectivity index (χ0v) is 10.8. The lowest BCUT2D eigenvalue weighted by molar-refractivity contribution is -0.135. The second-order valence-corrected chi connectivity index (χ2v) is 5.10. The van der Waals surface area contributed by atoms with E-state index in [1.807, 2.05) is 6.07 Å². The van der Waals surface area contributed by atoms with Gasteiger partial charge in [-0.2, -0.15) is 5.26 Å². The number of rotatable bonds is 1. The molecule has 1 saturated carbocycles. The van der Waals surface area contributed by atoms with Crippen LogP contribution in [0.4, 0.5) is 0 Å². The largest absolute Gasteiger partial charge is 0.465 e. The van der Waals surface area contributed by atoms with Crippen LogP contribution in [-0.2, 0) is 14.3 Å². The molecule has 4 nitrogen and oxygen atoms in total. The van der Waals surface area contributed by atoms with Gasteiger partial charge in [0.15, 0.2) is 0 Å². The van der Waals surface area contributed by atoms with Crippen molar-refractivity contribution in [2.75, 3.05) is 13.7 Å². The van der Waals surface area contributed by atoms with Gasteiger partial charge >= 0.3 is 5.97 Å². The number of esters is 1. The van der Waals surface area contributed by atoms with Crippen molar-refractivity contribution < 1.29 is 14.3 Å². The maximum Gasteiger partial charge on any atom is 0.348 e. The predicted molar refractivity (Wildman–Crippen MR) is 65.7 cm³/mol. The van der Waals surface area contributed by atoms with Crippen LogP contribution in [0.25, 0.3) is 0 Å². The Morgan fingerprint density at radius 1 is 1.39 bits per heavy atom. The topological polar surface area (TPSA) is 59.3 Å². The number of carbonyl (C=O) groups is 1. The summed E-state index contributed by atoms with van der Waals surface area (Å²) in [5.74, 6) is -0.512. The summed E-state index contributed by atoms with van der Waals surface area (Å²) >= 11 is 0. The minimum Gasteiger partial charge on any atom is -0.465 e. The first-order valence-electron chi connectivity index (χ1n) is 6.55. The molecule has 0 atom stereocenters. The molecule has 1 aliphatic carbocycles. The van der Waals surface area contributed by atoms with Crippen LogP contribution in [0.15, 0.2) is 11.1 Å². The van der Waals surface area contributed by atoms with Crippen molar-refractivity contribution in [1.82, 2.24) is 0 Å². The van der Waals surface area contributed by atoms with Crippen LogP contribution in [-0.4, -0.2) is 25.3 Å². The zero-order valence-electron chi connectivity index (χ0n) is 10.8. The Hall–Kier alpha value is -1.34. The van der Waals surface area contributed by atoms with Gasteiger partial charge in [-0.05, 0) is 37.7 Å². The number of methoxy groups -OCH3 is 1. The number of nitrogens with zero attached hydrogens (tertiary/aromatic N) is 1. The summed E-state index contributed by atoms with van der Waals surface area (Å²) < 4.78 is 10.7. The summed E-state index contributed by atoms with van der Waals surface area (Å²) in [5.41, 5.74) is 0.986. The fourth-order valence-corrected chi connectivity index (χ4v) is 3.03. The van der Waals surface area contributed by atoms with Crippen LogP contribution in [0.2, 0.25) is 0 Å². The Labute approximate surface area is 108 Å². The molecule has 1 aliphatic heterocycles. The van der Waals surface area contributed by atoms with E-state index in [9.17, 15) is 4.79 Å². The molecule has 2 fully saturated rings. The van der Waals surface area contributed by atoms with Gasteiger partial charge in [0.25, 0.3) is 0 Å². The molecule has 0 unspecified atom stereocenters. The molecule has 0 radical (unpaired) electrons. The highest BCUT2D eigenvalue weighted by Gasteiger charge is 2.38. The molecule has 2 rings (SSSR count). The maximum atomic E-state index is 11.6. The van der Waals surface area contributed by atoms with Gasteiger partial charge in [-0.15, -0.1) is 0 Å². The minimum atomic E-state index is -0.512. The van der Waals surface area contributed by atoms with Gasteiger partial charge in [0.05, 0.1) is 12.7 Å². The van der Waals surface area contributed by atoms with Crippen molar-refractivity contribution in [1.29, 1.82) is 5.26 Å². The lowest BCUT2D eigenvalue weighted by Crippen LogP contribution is -2.28. The first-order chi connectivity index (χ1) is 8.71. The van der Waals surface area contributed by atoms with Gasteiger partial charge in [0, 0.05) is 6.61 Å². The molecule has 0 aromatic carbocycles. The number of hydrogen-bond acceptors (Lipinski definition) is 4. The molecule has 0 aromatic rings. The molecule has 0 amide bonds. The van der Waals surface area contributed by atoms with E-state index in [1.165, 1.54) is 20.0 Å². The van der Waals surface area contributed by atoms with Crippen LogP contribution >= 0.6 is 0 Å². The summed E-state index contributed by atoms with van der Waals surface area (Å²) in [6.07, 6.45) is 6.78. The van der Waals surface area contributed by atoms with E-state index >= 15 is 0 Å². The van der Waals surface area contributed by atoms with Crippen molar-refractivity contribution in [3.63, 3.8) is 0 Å². The summed E-state index contributed by atoms with van der Waals surface area (Å²) in [6.45, 7) is 0.726. The quantitative estimate of drug-likeness (QED) is 0.407. The fourth-order valence-electron chi connectivity index (χ4n) is 3.03. The van der Waals surface area contributed by atoms with E-state index in [2.05, 4.69) is 4.74 Å². The van der Waals surface area contributed by atoms with E-state index in [0.29, 0.717) is 6.42 Å². The second-order valence-electron chi connectivity index (χ2n) is 5.10. The standard InChI is InChI=1S/C14H19NO3/c1-17-13(16)12(10-15)11-5-4-8-18-14(9-11)6-2-3-7-14/h2-9H2,1H3/b12-11+. The molecular weight excluding hydrogens is 230 g/mol. The normalized spacial score (nSPS) is 25.3. The van der Waals surface area contributed by atoms with Crippen LogP contribution in [0, 0.1) is 11.3 Å². The molecule has 0 N–H and O–H groups in total. The van der Waals surface area contributed by atoms with Crippen molar-refractivity contribution in [2.24, 2.45) is 0 Å². The lowest BCUT2D eigenvalue weighted by atomic mass is 9.89. The van der Waals surface area contributed by atoms with Crippen LogP contribution in [0.3, 0.4) is 0 Å². The van der Waals surface area contributed by atoms with Crippen LogP contribution in [0.1, 0.15) is 44.9 Å². The van der Waals surface area contributed by atoms with Gasteiger partial charge < -0.3 is 9.47 Å². The average molecular weight is 249 g/mol. The fraction of sp³-hybridized carbons (Fsp3) is 0.714. The van der Waals surface area contributed by atoms with E-state index < -0.39 is 5.97 Å². The summed E-state index contributed by atoms with van der Waals surface area (Å²) in [4.78, 5) is 11.6. The first-order valence-corrected chi connectivity index (χ1v) is 6.55. The van der Waals surface area contributed by atoms with Crippen LogP contribution < -0.4 is 0 Å². The molecule has 18 heavy (non-hydrogen) atoms. The number of ether oxygens (including phenoxy) is 2. The average Bonchev–Trinajstić information content (AvgIpc) is 2.72. The summed E-state index contributed by atoms with van der Waals surface area (Å²) in [6, 6.07) is 2.01. The molecule has 98 valence electrons. The van der Waals surface area contributed by atoms with Gasteiger partial charge in [0.2, 0.25) is 0 Å². The van der Waals surface area contributed by atoms with E-state index in [1.54, 1.807) is 0 Å². The van der Waals surface area contributed by atoms with Crippen LogP contribution in [0.5, 0.6) is 0 Å². The third kappa shape index (κ3) is 2.56. The molecule has 2 aliphatic rings. The molecule has 0 bridgehead atoms. The Kier molecular flexibility index (Phi) is 4.03. The summed E-state index contributed by atoms with van der Waals surface area (Å²) in [5, 5.41) is 9.15. The molecule has 0 aromatic heterocycles. The number of nitriles is 1. The Bertz CT molecular complexity index is 400. The predicted octanol–water partition coefficient (Wildman–Crippen LogP) is 2.49. The molecule has 1 saturated heterocycles. The Morgan fingerprint density at radius 2 is 2.11 bits per heavy atom. The zero-order chi connectivity index (χ0) is 13.0. The number of carbonyl (C=O) groups excluding carboxylic acids is 1. The Morgan fingerprint density at radius 3 is 2.72 bits per heavy atom. The molecule has 4 heteroatoms. The smallest absolute Gasteiger partial charge is 0.348 e. The van der Waals surface area contributed by atoms with Crippen molar-refractivity contribution in [3.05, 3.63) is 11.1 Å². The molecular formula is C14H19NO3. The second kappa shape index (κ2) is 5.53. The van der Waals surface area contributed by atoms with Gasteiger partial charge in [-0.25, -0.2) is 4.79 Å². The molecule has 1 heterocycles. The summed E-state index contributed by atoms with van der Waals surface area (Å²) in [7, 11) is 1.32. The van der Waals surface area contributed by atoms with Gasteiger partial charge in [-0.1, -0.05) is 12.8 Å². The highest BCUT2D eigenvalue weighted by atomic mass is 16.5. The minimum absolute atomic E-state index is 0.123. The maximum absolute atomic E-state index is 11.6. The Balaban J connectivity index is 2.28. The monoisotopic (exact) mass is 249 g/mol.